The molecule has 0 spiro atoms. The molecule has 55 heavy (non-hydrogen) atoms. The van der Waals surface area contributed by atoms with Crippen molar-refractivity contribution in [3.8, 4) is 0 Å². The predicted octanol–water partition coefficient (Wildman–Crippen LogP) is 3.38. The molecule has 0 amide bonds. The van der Waals surface area contributed by atoms with Crippen LogP contribution in [0.2, 0.25) is 0 Å². The Morgan fingerprint density at radius 1 is 0.982 bits per heavy atom. The number of fused-ring (bicyclic) bond motifs is 1. The number of carbonyl (C=O) groups is 1. The van der Waals surface area contributed by atoms with Gasteiger partial charge in [0.2, 0.25) is 11.8 Å². The minimum absolute atomic E-state index is 0.0641. The molecule has 0 radical (unpaired) electrons. The van der Waals surface area contributed by atoms with Gasteiger partial charge in [-0.05, 0) is 55.6 Å². The van der Waals surface area contributed by atoms with Crippen molar-refractivity contribution in [3.05, 3.63) is 83.9 Å². The van der Waals surface area contributed by atoms with E-state index in [2.05, 4.69) is 79.1 Å². The van der Waals surface area contributed by atoms with E-state index in [-0.39, 0.29) is 11.7 Å². The van der Waals surface area contributed by atoms with Crippen LogP contribution in [-0.4, -0.2) is 123 Å². The van der Waals surface area contributed by atoms with Gasteiger partial charge < -0.3 is 30.3 Å². The minimum atomic E-state index is -5.08. The highest BCUT2D eigenvalue weighted by Crippen LogP contribution is 2.39. The van der Waals surface area contributed by atoms with Crippen LogP contribution in [0, 0.1) is 0 Å². The number of imidazole rings is 1. The number of anilines is 2. The van der Waals surface area contributed by atoms with Gasteiger partial charge in [-0.2, -0.15) is 27.9 Å². The molecule has 0 aliphatic carbocycles. The molecular formula is C36H42F3N11O5. The van der Waals surface area contributed by atoms with Gasteiger partial charge >= 0.3 is 12.1 Å². The van der Waals surface area contributed by atoms with Gasteiger partial charge in [0.1, 0.15) is 12.2 Å². The number of carboxylic acids is 1. The van der Waals surface area contributed by atoms with Crippen molar-refractivity contribution in [3.63, 3.8) is 0 Å². The summed E-state index contributed by atoms with van der Waals surface area (Å²) in [5, 5.41) is 45.4. The Morgan fingerprint density at radius 2 is 1.64 bits per heavy atom. The highest BCUT2D eigenvalue weighted by Gasteiger charge is 2.47. The number of nitrogens with zero attached hydrogens (tertiary/aromatic N) is 10. The summed E-state index contributed by atoms with van der Waals surface area (Å²) >= 11 is 0. The molecule has 3 aliphatic heterocycles. The van der Waals surface area contributed by atoms with Gasteiger partial charge in [-0.3, -0.25) is 9.47 Å². The molecule has 4 N–H and O–H groups in total. The number of hydrogen-bond acceptors (Lipinski definition) is 13. The largest absolute Gasteiger partial charge is 0.490 e. The second kappa shape index (κ2) is 16.2. The lowest BCUT2D eigenvalue weighted by atomic mass is 9.91. The molecule has 0 bridgehead atoms. The zero-order chi connectivity index (χ0) is 38.7. The molecule has 3 aliphatic rings. The maximum atomic E-state index is 11.2. The SMILES string of the molecule is CCn1nnc([C@H]2O[C@@H](n3cnc4c(NCC(c5ccccc5)c5ccccc5)nc(N5CC[C@@H](N6CCCC6)C5)nc43)[C@H](O)[C@@H]2O)n1.O=C(O)C(F)(F)F. The number of aromatic nitrogens is 8. The summed E-state index contributed by atoms with van der Waals surface area (Å²) in [6.45, 7) is 6.96. The first-order valence-electron chi connectivity index (χ1n) is 18.2. The Kier molecular flexibility index (Phi) is 11.2. The van der Waals surface area contributed by atoms with E-state index in [1.54, 1.807) is 10.9 Å². The molecule has 3 fully saturated rings. The third kappa shape index (κ3) is 8.24. The molecule has 16 nitrogen and oxygen atoms in total. The van der Waals surface area contributed by atoms with Crippen molar-refractivity contribution < 1.29 is 38.0 Å². The topological polar surface area (TPSA) is 193 Å². The first-order valence-corrected chi connectivity index (χ1v) is 18.2. The number of nitrogens with one attached hydrogen (secondary N) is 1. The standard InChI is InChI=1S/C34H41N11O3.C2HF3O2/c1-2-45-40-31(39-41-45)29-27(46)28(47)33(48-29)44-21-36-26-30(35-19-25(22-11-5-3-6-12-22)23-13-7-4-8-14-23)37-34(38-32(26)44)43-18-15-24(20-43)42-16-9-10-17-42;3-2(4,5)1(6)7/h3-8,11-14,21,24-25,27-29,33,46-47H,2,9-10,15-20H2,1H3,(H,35,37,38);(H,6,7)/t24-,27+,28-,29+,33-;/m1./s1. The van der Waals surface area contributed by atoms with Crippen LogP contribution in [0.25, 0.3) is 11.2 Å². The van der Waals surface area contributed by atoms with Crippen LogP contribution in [0.1, 0.15) is 61.4 Å². The van der Waals surface area contributed by atoms with Crippen molar-refractivity contribution in [1.82, 2.24) is 44.6 Å². The van der Waals surface area contributed by atoms with Gasteiger partial charge in [0, 0.05) is 31.6 Å². The van der Waals surface area contributed by atoms with Gasteiger partial charge in [0.25, 0.3) is 0 Å². The summed E-state index contributed by atoms with van der Waals surface area (Å²) in [6, 6.07) is 21.3. The van der Waals surface area contributed by atoms with E-state index in [9.17, 15) is 23.4 Å². The van der Waals surface area contributed by atoms with Crippen LogP contribution >= 0.6 is 0 Å². The van der Waals surface area contributed by atoms with Crippen LogP contribution in [0.4, 0.5) is 24.9 Å². The molecular weight excluding hydrogens is 723 g/mol. The number of likely N-dealkylation sites (tertiary alicyclic amines) is 1. The first-order chi connectivity index (χ1) is 26.5. The molecule has 5 atom stereocenters. The fourth-order valence-electron chi connectivity index (χ4n) is 7.29. The molecule has 0 unspecified atom stereocenters. The average Bonchev–Trinajstić information content (AvgIpc) is 4.04. The third-order valence-electron chi connectivity index (χ3n) is 10.2. The van der Waals surface area contributed by atoms with E-state index in [0.29, 0.717) is 42.1 Å². The Labute approximate surface area is 313 Å². The van der Waals surface area contributed by atoms with Gasteiger partial charge in [0.15, 0.2) is 29.3 Å². The highest BCUT2D eigenvalue weighted by atomic mass is 19.4. The maximum Gasteiger partial charge on any atom is 0.490 e. The van der Waals surface area contributed by atoms with Crippen molar-refractivity contribution in [1.29, 1.82) is 0 Å². The van der Waals surface area contributed by atoms with E-state index >= 15 is 0 Å². The molecule has 8 rings (SSSR count). The number of alkyl halides is 3. The molecule has 5 aromatic rings. The number of aliphatic hydroxyl groups is 2. The summed E-state index contributed by atoms with van der Waals surface area (Å²) in [7, 11) is 0. The summed E-state index contributed by atoms with van der Waals surface area (Å²) in [5.74, 6) is -1.28. The number of aryl methyl sites for hydroxylation is 1. The molecule has 3 aromatic heterocycles. The van der Waals surface area contributed by atoms with Crippen molar-refractivity contribution in [2.75, 3.05) is 42.9 Å². The van der Waals surface area contributed by atoms with E-state index < -0.39 is 36.7 Å². The van der Waals surface area contributed by atoms with Crippen LogP contribution in [-0.2, 0) is 16.1 Å². The van der Waals surface area contributed by atoms with Crippen molar-refractivity contribution >= 4 is 28.9 Å². The molecule has 2 aromatic carbocycles. The average molecular weight is 766 g/mol. The molecule has 3 saturated heterocycles. The molecule has 0 saturated carbocycles. The Balaban J connectivity index is 0.000000609. The van der Waals surface area contributed by atoms with Crippen LogP contribution in [0.5, 0.6) is 0 Å². The second-order valence-corrected chi connectivity index (χ2v) is 13.7. The number of ether oxygens (including phenoxy) is 1. The van der Waals surface area contributed by atoms with Crippen LogP contribution in [0.15, 0.2) is 67.0 Å². The van der Waals surface area contributed by atoms with E-state index in [0.717, 1.165) is 32.6 Å². The fraction of sp³-hybridized carbons (Fsp3) is 0.472. The fourth-order valence-corrected chi connectivity index (χ4v) is 7.29. The minimum Gasteiger partial charge on any atom is -0.475 e. The van der Waals surface area contributed by atoms with E-state index in [1.165, 1.54) is 28.8 Å². The lowest BCUT2D eigenvalue weighted by Crippen LogP contribution is -2.35. The quantitative estimate of drug-likeness (QED) is 0.162. The van der Waals surface area contributed by atoms with Crippen molar-refractivity contribution in [2.45, 2.75) is 75.4 Å². The molecule has 292 valence electrons. The zero-order valence-electron chi connectivity index (χ0n) is 29.9. The highest BCUT2D eigenvalue weighted by molar-refractivity contribution is 5.84. The Morgan fingerprint density at radius 3 is 2.24 bits per heavy atom. The number of tetrazole rings is 1. The monoisotopic (exact) mass is 765 g/mol. The molecule has 19 heteroatoms. The Hall–Kier alpha value is -5.24. The van der Waals surface area contributed by atoms with E-state index in [4.69, 9.17) is 29.6 Å². The normalized spacial score (nSPS) is 23.0. The third-order valence-corrected chi connectivity index (χ3v) is 10.2. The summed E-state index contributed by atoms with van der Waals surface area (Å²) in [6.07, 6.45) is -4.42. The number of aliphatic hydroxyl groups excluding tert-OH is 2. The number of halogens is 3. The lowest BCUT2D eigenvalue weighted by molar-refractivity contribution is -0.192. The first kappa shape index (κ1) is 38.1. The number of carboxylic acid groups (broad SMARTS) is 1. The van der Waals surface area contributed by atoms with Crippen LogP contribution in [0.3, 0.4) is 0 Å². The lowest BCUT2D eigenvalue weighted by Gasteiger charge is -2.24. The van der Waals surface area contributed by atoms with Gasteiger partial charge in [-0.25, -0.2) is 9.78 Å². The smallest absolute Gasteiger partial charge is 0.475 e. The number of hydrogen-bond donors (Lipinski definition) is 4. The zero-order valence-corrected chi connectivity index (χ0v) is 29.9. The van der Waals surface area contributed by atoms with E-state index in [1.807, 2.05) is 19.1 Å². The van der Waals surface area contributed by atoms with Gasteiger partial charge in [-0.1, -0.05) is 60.7 Å². The summed E-state index contributed by atoms with van der Waals surface area (Å²) in [4.78, 5) is 30.0. The summed E-state index contributed by atoms with van der Waals surface area (Å²) < 4.78 is 39.6. The van der Waals surface area contributed by atoms with Crippen LogP contribution < -0.4 is 10.2 Å². The Bertz CT molecular complexity index is 2010. The van der Waals surface area contributed by atoms with Gasteiger partial charge in [0.05, 0.1) is 12.9 Å². The molecule has 6 heterocycles. The second-order valence-electron chi connectivity index (χ2n) is 13.7. The number of aliphatic carboxylic acids is 1. The summed E-state index contributed by atoms with van der Waals surface area (Å²) in [5.41, 5.74) is 3.44. The predicted molar refractivity (Wildman–Crippen MR) is 192 cm³/mol. The van der Waals surface area contributed by atoms with Gasteiger partial charge in [-0.15, -0.1) is 10.2 Å². The number of benzene rings is 2. The van der Waals surface area contributed by atoms with Crippen molar-refractivity contribution in [2.24, 2.45) is 0 Å². The maximum absolute atomic E-state index is 11.2. The number of rotatable bonds is 10.